The minimum absolute atomic E-state index is 0.0524. The molecule has 94 valence electrons. The summed E-state index contributed by atoms with van der Waals surface area (Å²) in [6, 6.07) is 0.145. The Morgan fingerprint density at radius 3 is 2.75 bits per heavy atom. The van der Waals surface area contributed by atoms with Crippen molar-refractivity contribution < 1.29 is 9.90 Å². The lowest BCUT2D eigenvalue weighted by Gasteiger charge is -2.21. The Hall–Kier alpha value is -0.260. The molecule has 1 aliphatic rings. The second-order valence-corrected chi connectivity index (χ2v) is 5.45. The van der Waals surface area contributed by atoms with E-state index in [0.717, 1.165) is 12.5 Å². The van der Waals surface area contributed by atoms with Gasteiger partial charge in [-0.25, -0.2) is 0 Å². The molecule has 1 aliphatic carbocycles. The number of thioether (sulfide) groups is 1. The summed E-state index contributed by atoms with van der Waals surface area (Å²) in [5, 5.41) is 15.3. The Kier molecular flexibility index (Phi) is 6.16. The molecule has 0 saturated heterocycles. The lowest BCUT2D eigenvalue weighted by atomic mass is 10.2. The molecule has 0 aromatic carbocycles. The van der Waals surface area contributed by atoms with Crippen LogP contribution in [0.25, 0.3) is 0 Å². The maximum Gasteiger partial charge on any atom is 0.233 e. The topological polar surface area (TPSA) is 61.4 Å². The summed E-state index contributed by atoms with van der Waals surface area (Å²) in [5.41, 5.74) is 0. The highest BCUT2D eigenvalue weighted by Gasteiger charge is 2.21. The van der Waals surface area contributed by atoms with Gasteiger partial charge < -0.3 is 15.7 Å². The highest BCUT2D eigenvalue weighted by molar-refractivity contribution is 7.99. The molecule has 0 aromatic heterocycles. The van der Waals surface area contributed by atoms with Crippen LogP contribution < -0.4 is 10.6 Å². The number of hydrogen-bond acceptors (Lipinski definition) is 4. The van der Waals surface area contributed by atoms with E-state index in [9.17, 15) is 4.79 Å². The van der Waals surface area contributed by atoms with Crippen molar-refractivity contribution in [3.05, 3.63) is 0 Å². The van der Waals surface area contributed by atoms with Crippen LogP contribution in [0.1, 0.15) is 19.8 Å². The Bertz CT molecular complexity index is 218. The summed E-state index contributed by atoms with van der Waals surface area (Å²) in [5.74, 6) is 0.773. The molecular formula is C11H22N2O2S. The molecule has 0 bridgehead atoms. The van der Waals surface area contributed by atoms with E-state index in [1.165, 1.54) is 12.8 Å². The van der Waals surface area contributed by atoms with Crippen LogP contribution in [0.4, 0.5) is 0 Å². The number of amides is 1. The molecule has 1 saturated carbocycles. The number of carbonyl (C=O) groups excluding carboxylic acids is 1. The summed E-state index contributed by atoms with van der Waals surface area (Å²) in [6.07, 6.45) is 4.47. The molecule has 1 fully saturated rings. The molecule has 16 heavy (non-hydrogen) atoms. The smallest absolute Gasteiger partial charge is 0.233 e. The molecule has 1 amide bonds. The predicted octanol–water partition coefficient (Wildman–Crippen LogP) is 0.215. The van der Waals surface area contributed by atoms with Crippen LogP contribution in [0, 0.1) is 5.92 Å². The number of carbonyl (C=O) groups is 1. The number of nitrogens with one attached hydrogen (secondary N) is 2. The van der Waals surface area contributed by atoms with Crippen LogP contribution in [0.2, 0.25) is 0 Å². The fourth-order valence-electron chi connectivity index (χ4n) is 1.46. The third kappa shape index (κ3) is 5.18. The van der Waals surface area contributed by atoms with Gasteiger partial charge in [0.2, 0.25) is 5.91 Å². The van der Waals surface area contributed by atoms with Crippen molar-refractivity contribution in [2.24, 2.45) is 5.92 Å². The highest BCUT2D eigenvalue weighted by atomic mass is 32.2. The van der Waals surface area contributed by atoms with Gasteiger partial charge in [0.25, 0.3) is 0 Å². The summed E-state index contributed by atoms with van der Waals surface area (Å²) in [6.45, 7) is 3.29. The molecule has 3 N–H and O–H groups in total. The minimum Gasteiger partial charge on any atom is -0.395 e. The molecule has 0 heterocycles. The zero-order chi connectivity index (χ0) is 12.0. The molecule has 0 radical (unpaired) electrons. The van der Waals surface area contributed by atoms with E-state index < -0.39 is 0 Å². The van der Waals surface area contributed by atoms with Gasteiger partial charge in [0, 0.05) is 17.8 Å². The quantitative estimate of drug-likeness (QED) is 0.573. The standard InChI is InChI=1S/C11H22N2O2S/c1-8(10(7-14)16-2)12-6-11(15)13-5-9-3-4-9/h8-10,12,14H,3-7H2,1-2H3,(H,13,15). The number of aliphatic hydroxyl groups excluding tert-OH is 1. The molecule has 0 spiro atoms. The number of hydrogen-bond donors (Lipinski definition) is 3. The van der Waals surface area contributed by atoms with Crippen molar-refractivity contribution in [2.45, 2.75) is 31.1 Å². The highest BCUT2D eigenvalue weighted by Crippen LogP contribution is 2.27. The molecule has 0 aromatic rings. The number of aliphatic hydroxyl groups is 1. The Morgan fingerprint density at radius 1 is 1.56 bits per heavy atom. The summed E-state index contributed by atoms with van der Waals surface area (Å²) in [7, 11) is 0. The zero-order valence-electron chi connectivity index (χ0n) is 10.0. The van der Waals surface area contributed by atoms with Crippen molar-refractivity contribution in [1.29, 1.82) is 0 Å². The van der Waals surface area contributed by atoms with E-state index in [0.29, 0.717) is 6.54 Å². The first-order chi connectivity index (χ1) is 7.67. The van der Waals surface area contributed by atoms with Crippen molar-refractivity contribution in [2.75, 3.05) is 26.0 Å². The molecule has 5 heteroatoms. The lowest BCUT2D eigenvalue weighted by Crippen LogP contribution is -2.43. The average molecular weight is 246 g/mol. The molecule has 1 rings (SSSR count). The zero-order valence-corrected chi connectivity index (χ0v) is 10.8. The van der Waals surface area contributed by atoms with E-state index in [2.05, 4.69) is 10.6 Å². The monoisotopic (exact) mass is 246 g/mol. The van der Waals surface area contributed by atoms with Gasteiger partial charge in [-0.2, -0.15) is 11.8 Å². The Labute approximate surface area is 102 Å². The van der Waals surface area contributed by atoms with Gasteiger partial charge >= 0.3 is 0 Å². The summed E-state index contributed by atoms with van der Waals surface area (Å²) in [4.78, 5) is 11.4. The lowest BCUT2D eigenvalue weighted by molar-refractivity contribution is -0.120. The first-order valence-electron chi connectivity index (χ1n) is 5.81. The van der Waals surface area contributed by atoms with E-state index >= 15 is 0 Å². The molecular weight excluding hydrogens is 224 g/mol. The van der Waals surface area contributed by atoms with Gasteiger partial charge in [-0.3, -0.25) is 4.79 Å². The van der Waals surface area contributed by atoms with Crippen LogP contribution >= 0.6 is 11.8 Å². The fourth-order valence-corrected chi connectivity index (χ4v) is 2.12. The van der Waals surface area contributed by atoms with Crippen LogP contribution in [-0.2, 0) is 4.79 Å². The average Bonchev–Trinajstić information content (AvgIpc) is 3.09. The maximum absolute atomic E-state index is 11.4. The van der Waals surface area contributed by atoms with Gasteiger partial charge in [-0.1, -0.05) is 0 Å². The predicted molar refractivity (Wildman–Crippen MR) is 67.6 cm³/mol. The van der Waals surface area contributed by atoms with Crippen LogP contribution in [0.15, 0.2) is 0 Å². The summed E-state index contributed by atoms with van der Waals surface area (Å²) < 4.78 is 0. The van der Waals surface area contributed by atoms with Crippen LogP contribution in [-0.4, -0.2) is 48.3 Å². The van der Waals surface area contributed by atoms with Crippen molar-refractivity contribution in [3.8, 4) is 0 Å². The Morgan fingerprint density at radius 2 is 2.25 bits per heavy atom. The van der Waals surface area contributed by atoms with Gasteiger partial charge in [0.15, 0.2) is 0 Å². The maximum atomic E-state index is 11.4. The van der Waals surface area contributed by atoms with Crippen molar-refractivity contribution in [3.63, 3.8) is 0 Å². The molecule has 4 nitrogen and oxygen atoms in total. The summed E-state index contributed by atoms with van der Waals surface area (Å²) >= 11 is 1.61. The normalized spacial score (nSPS) is 19.2. The van der Waals surface area contributed by atoms with E-state index in [1.807, 2.05) is 13.2 Å². The van der Waals surface area contributed by atoms with Gasteiger partial charge in [-0.05, 0) is 31.9 Å². The SMILES string of the molecule is CSC(CO)C(C)NCC(=O)NCC1CC1. The molecule has 2 atom stereocenters. The van der Waals surface area contributed by atoms with Gasteiger partial charge in [0.1, 0.15) is 0 Å². The minimum atomic E-state index is 0.0524. The van der Waals surface area contributed by atoms with E-state index in [4.69, 9.17) is 5.11 Å². The number of rotatable bonds is 8. The second-order valence-electron chi connectivity index (χ2n) is 4.37. The van der Waals surface area contributed by atoms with Crippen LogP contribution in [0.3, 0.4) is 0 Å². The van der Waals surface area contributed by atoms with Gasteiger partial charge in [-0.15, -0.1) is 0 Å². The molecule has 0 aliphatic heterocycles. The molecule has 2 unspecified atom stereocenters. The first-order valence-corrected chi connectivity index (χ1v) is 7.10. The first kappa shape index (κ1) is 13.8. The Balaban J connectivity index is 2.08. The van der Waals surface area contributed by atoms with E-state index in [-0.39, 0.29) is 23.8 Å². The third-order valence-electron chi connectivity index (χ3n) is 2.91. The van der Waals surface area contributed by atoms with Crippen molar-refractivity contribution >= 4 is 17.7 Å². The van der Waals surface area contributed by atoms with Gasteiger partial charge in [0.05, 0.1) is 13.2 Å². The third-order valence-corrected chi connectivity index (χ3v) is 4.07. The fraction of sp³-hybridized carbons (Fsp3) is 0.909. The van der Waals surface area contributed by atoms with E-state index in [1.54, 1.807) is 11.8 Å². The van der Waals surface area contributed by atoms with Crippen molar-refractivity contribution in [1.82, 2.24) is 10.6 Å². The van der Waals surface area contributed by atoms with Crippen LogP contribution in [0.5, 0.6) is 0 Å². The second kappa shape index (κ2) is 7.14. The largest absolute Gasteiger partial charge is 0.395 e.